The van der Waals surface area contributed by atoms with Crippen LogP contribution in [0, 0.1) is 17.3 Å². The summed E-state index contributed by atoms with van der Waals surface area (Å²) in [6.45, 7) is 5.09. The van der Waals surface area contributed by atoms with Gasteiger partial charge in [0.25, 0.3) is 0 Å². The highest BCUT2D eigenvalue weighted by molar-refractivity contribution is 6.01. The Hall–Kier alpha value is -3.49. The highest BCUT2D eigenvalue weighted by Gasteiger charge is 2.33. The minimum atomic E-state index is -4.74. The molecule has 9 heteroatoms. The number of allylic oxidation sites excluding steroid dienone is 2. The third-order valence-electron chi connectivity index (χ3n) is 4.94. The normalized spacial score (nSPS) is 12.7. The molecule has 0 fully saturated rings. The lowest BCUT2D eigenvalue weighted by molar-refractivity contribution is -0.0583. The zero-order valence-corrected chi connectivity index (χ0v) is 17.4. The molecule has 1 N–H and O–H groups in total. The third kappa shape index (κ3) is 4.87. The second-order valence-corrected chi connectivity index (χ2v) is 7.65. The molecule has 0 aliphatic carbocycles. The SMILES string of the molecule is C/C(=C\C(=N)C(F)(F)F)c1cccc(C(C)(C)c2cccc(-c3ccc(F)nc3F)n2)n1. The largest absolute Gasteiger partial charge is 0.432 e. The fourth-order valence-corrected chi connectivity index (χ4v) is 3.04. The molecule has 3 heterocycles. The minimum Gasteiger partial charge on any atom is -0.296 e. The first-order chi connectivity index (χ1) is 14.9. The maximum Gasteiger partial charge on any atom is 0.432 e. The molecular weight excluding hydrogens is 427 g/mol. The zero-order valence-electron chi connectivity index (χ0n) is 17.4. The zero-order chi connectivity index (χ0) is 23.7. The Morgan fingerprint density at radius 1 is 0.875 bits per heavy atom. The van der Waals surface area contributed by atoms with Crippen LogP contribution in [0.15, 0.2) is 54.6 Å². The maximum absolute atomic E-state index is 14.1. The Morgan fingerprint density at radius 2 is 1.50 bits per heavy atom. The number of rotatable bonds is 5. The van der Waals surface area contributed by atoms with E-state index < -0.39 is 29.2 Å². The number of halogens is 5. The van der Waals surface area contributed by atoms with E-state index in [1.807, 2.05) is 13.8 Å². The van der Waals surface area contributed by atoms with Crippen LogP contribution in [-0.4, -0.2) is 26.8 Å². The monoisotopic (exact) mass is 446 g/mol. The predicted octanol–water partition coefficient (Wildman–Crippen LogP) is 6.13. The molecule has 0 radical (unpaired) electrons. The molecule has 166 valence electrons. The standard InChI is InChI=1S/C23H19F5N4/c1-13(12-17(29)23(26,27)28)15-6-4-8-18(30-15)22(2,3)19-9-5-7-16(31-19)14-10-11-20(24)32-21(14)25/h4-12,29H,1-3H3/b13-12+,29-17?. The summed E-state index contributed by atoms with van der Waals surface area (Å²) in [5, 5.41) is 7.17. The van der Waals surface area contributed by atoms with Gasteiger partial charge in [-0.2, -0.15) is 26.9 Å². The molecule has 0 amide bonds. The lowest BCUT2D eigenvalue weighted by Crippen LogP contribution is -2.23. The Labute approximate surface area is 181 Å². The van der Waals surface area contributed by atoms with Crippen molar-refractivity contribution >= 4 is 11.3 Å². The van der Waals surface area contributed by atoms with Crippen LogP contribution in [0.1, 0.15) is 37.9 Å². The van der Waals surface area contributed by atoms with Crippen LogP contribution < -0.4 is 0 Å². The van der Waals surface area contributed by atoms with Crippen molar-refractivity contribution < 1.29 is 22.0 Å². The van der Waals surface area contributed by atoms with Crippen molar-refractivity contribution in [1.29, 1.82) is 5.41 Å². The molecule has 0 spiro atoms. The smallest absolute Gasteiger partial charge is 0.296 e. The van der Waals surface area contributed by atoms with Crippen LogP contribution in [-0.2, 0) is 5.41 Å². The fraction of sp³-hybridized carbons (Fsp3) is 0.217. The first-order valence-corrected chi connectivity index (χ1v) is 9.51. The number of pyridine rings is 3. The fourth-order valence-electron chi connectivity index (χ4n) is 3.04. The molecule has 0 saturated heterocycles. The van der Waals surface area contributed by atoms with E-state index in [2.05, 4.69) is 15.0 Å². The van der Waals surface area contributed by atoms with Gasteiger partial charge < -0.3 is 0 Å². The third-order valence-corrected chi connectivity index (χ3v) is 4.94. The Bertz CT molecular complexity index is 1200. The summed E-state index contributed by atoms with van der Waals surface area (Å²) in [4.78, 5) is 12.2. The van der Waals surface area contributed by atoms with Crippen LogP contribution in [0.2, 0.25) is 0 Å². The van der Waals surface area contributed by atoms with E-state index in [9.17, 15) is 22.0 Å². The maximum atomic E-state index is 14.1. The van der Waals surface area contributed by atoms with Crippen molar-refractivity contribution in [3.63, 3.8) is 0 Å². The van der Waals surface area contributed by atoms with Crippen molar-refractivity contribution in [1.82, 2.24) is 15.0 Å². The molecule has 0 atom stereocenters. The van der Waals surface area contributed by atoms with Gasteiger partial charge in [0.15, 0.2) is 0 Å². The number of nitrogens with zero attached hydrogens (tertiary/aromatic N) is 3. The number of hydrogen-bond donors (Lipinski definition) is 1. The van der Waals surface area contributed by atoms with Crippen molar-refractivity contribution in [3.05, 3.63) is 83.6 Å². The quantitative estimate of drug-likeness (QED) is 0.291. The molecule has 4 nitrogen and oxygen atoms in total. The highest BCUT2D eigenvalue weighted by atomic mass is 19.4. The summed E-state index contributed by atoms with van der Waals surface area (Å²) in [7, 11) is 0. The van der Waals surface area contributed by atoms with Crippen LogP contribution in [0.4, 0.5) is 22.0 Å². The Balaban J connectivity index is 1.99. The summed E-state index contributed by atoms with van der Waals surface area (Å²) in [6, 6.07) is 12.2. The lowest BCUT2D eigenvalue weighted by Gasteiger charge is -2.25. The molecule has 3 rings (SSSR count). The topological polar surface area (TPSA) is 62.5 Å². The average molecular weight is 446 g/mol. The number of nitrogens with one attached hydrogen (secondary N) is 1. The van der Waals surface area contributed by atoms with Crippen molar-refractivity contribution in [2.45, 2.75) is 32.4 Å². The first kappa shape index (κ1) is 23.2. The van der Waals surface area contributed by atoms with E-state index in [-0.39, 0.29) is 22.5 Å². The first-order valence-electron chi connectivity index (χ1n) is 9.51. The van der Waals surface area contributed by atoms with Gasteiger partial charge >= 0.3 is 6.18 Å². The number of hydrogen-bond acceptors (Lipinski definition) is 4. The summed E-state index contributed by atoms with van der Waals surface area (Å²) in [6.07, 6.45) is -4.02. The van der Waals surface area contributed by atoms with Crippen molar-refractivity contribution in [2.75, 3.05) is 0 Å². The molecule has 0 aliphatic heterocycles. The van der Waals surface area contributed by atoms with E-state index >= 15 is 0 Å². The molecule has 0 saturated carbocycles. The molecule has 0 unspecified atom stereocenters. The van der Waals surface area contributed by atoms with E-state index in [0.29, 0.717) is 11.4 Å². The number of alkyl halides is 3. The molecule has 3 aromatic heterocycles. The van der Waals surface area contributed by atoms with E-state index in [1.165, 1.54) is 13.0 Å². The highest BCUT2D eigenvalue weighted by Crippen LogP contribution is 2.32. The molecule has 0 bridgehead atoms. The summed E-state index contributed by atoms with van der Waals surface area (Å²) in [5.74, 6) is -1.92. The van der Waals surface area contributed by atoms with Gasteiger partial charge in [0.1, 0.15) is 5.71 Å². The van der Waals surface area contributed by atoms with Gasteiger partial charge in [-0.15, -0.1) is 0 Å². The van der Waals surface area contributed by atoms with Crippen molar-refractivity contribution in [3.8, 4) is 11.3 Å². The number of aromatic nitrogens is 3. The van der Waals surface area contributed by atoms with Gasteiger partial charge in [-0.25, -0.2) is 0 Å². The second kappa shape index (κ2) is 8.57. The minimum absolute atomic E-state index is 0.0372. The molecule has 3 aromatic rings. The Morgan fingerprint density at radius 3 is 2.12 bits per heavy atom. The Kier molecular flexibility index (Phi) is 6.20. The molecular formula is C23H19F5N4. The summed E-state index contributed by atoms with van der Waals surface area (Å²) in [5.41, 5.74) is -0.460. The van der Waals surface area contributed by atoms with E-state index in [4.69, 9.17) is 5.41 Å². The van der Waals surface area contributed by atoms with Crippen molar-refractivity contribution in [2.24, 2.45) is 0 Å². The lowest BCUT2D eigenvalue weighted by atomic mass is 9.84. The van der Waals surface area contributed by atoms with E-state index in [0.717, 1.165) is 12.1 Å². The van der Waals surface area contributed by atoms with Gasteiger partial charge in [-0.3, -0.25) is 15.4 Å². The van der Waals surface area contributed by atoms with Gasteiger partial charge in [0.05, 0.1) is 28.3 Å². The van der Waals surface area contributed by atoms with Gasteiger partial charge in [0.2, 0.25) is 11.9 Å². The molecule has 0 aromatic carbocycles. The predicted molar refractivity (Wildman–Crippen MR) is 111 cm³/mol. The molecule has 32 heavy (non-hydrogen) atoms. The van der Waals surface area contributed by atoms with Gasteiger partial charge in [-0.05, 0) is 68.8 Å². The van der Waals surface area contributed by atoms with Gasteiger partial charge in [0, 0.05) is 5.41 Å². The average Bonchev–Trinajstić information content (AvgIpc) is 2.73. The van der Waals surface area contributed by atoms with E-state index in [1.54, 1.807) is 36.4 Å². The summed E-state index contributed by atoms with van der Waals surface area (Å²) >= 11 is 0. The second-order valence-electron chi connectivity index (χ2n) is 7.65. The van der Waals surface area contributed by atoms with Gasteiger partial charge in [-0.1, -0.05) is 12.1 Å². The van der Waals surface area contributed by atoms with Crippen LogP contribution in [0.5, 0.6) is 0 Å². The molecule has 0 aliphatic rings. The van der Waals surface area contributed by atoms with Crippen LogP contribution >= 0.6 is 0 Å². The van der Waals surface area contributed by atoms with Crippen LogP contribution in [0.25, 0.3) is 16.8 Å². The van der Waals surface area contributed by atoms with Crippen LogP contribution in [0.3, 0.4) is 0 Å². The summed E-state index contributed by atoms with van der Waals surface area (Å²) < 4.78 is 65.3.